The van der Waals surface area contributed by atoms with Crippen LogP contribution < -0.4 is 5.73 Å². The Bertz CT molecular complexity index is 555. The molecule has 0 aliphatic rings. The number of hydrogen-bond donors (Lipinski definition) is 1. The van der Waals surface area contributed by atoms with Crippen molar-refractivity contribution in [2.75, 3.05) is 0 Å². The third kappa shape index (κ3) is 2.02. The van der Waals surface area contributed by atoms with Crippen LogP contribution >= 0.6 is 11.6 Å². The van der Waals surface area contributed by atoms with Gasteiger partial charge in [0.1, 0.15) is 5.82 Å². The largest absolute Gasteiger partial charge is 0.327 e. The minimum atomic E-state index is -0.360. The number of imidazole rings is 1. The molecule has 0 aliphatic heterocycles. The normalized spacial score (nSPS) is 12.3. The SMILES string of the molecule is CCn1c(C(N)(CC)CC)nc2ccc(Cl)cc21. The summed E-state index contributed by atoms with van der Waals surface area (Å²) in [6.07, 6.45) is 1.75. The van der Waals surface area contributed by atoms with Gasteiger partial charge in [-0.3, -0.25) is 0 Å². The Hall–Kier alpha value is -1.06. The quantitative estimate of drug-likeness (QED) is 0.916. The van der Waals surface area contributed by atoms with Crippen LogP contribution in [0.2, 0.25) is 5.02 Å². The smallest absolute Gasteiger partial charge is 0.130 e. The Morgan fingerprint density at radius 3 is 2.50 bits per heavy atom. The second kappa shape index (κ2) is 4.90. The van der Waals surface area contributed by atoms with Crippen molar-refractivity contribution in [1.82, 2.24) is 9.55 Å². The average molecular weight is 266 g/mol. The standard InChI is InChI=1S/C14H20ClN3/c1-4-14(16,5-2)13-17-11-8-7-10(15)9-12(11)18(13)6-3/h7-9H,4-6,16H2,1-3H3. The van der Waals surface area contributed by atoms with Crippen LogP contribution in [0.5, 0.6) is 0 Å². The molecule has 18 heavy (non-hydrogen) atoms. The maximum absolute atomic E-state index is 6.48. The van der Waals surface area contributed by atoms with Crippen LogP contribution in [0.25, 0.3) is 11.0 Å². The van der Waals surface area contributed by atoms with Crippen LogP contribution in [-0.2, 0) is 12.1 Å². The molecule has 0 fully saturated rings. The molecule has 3 nitrogen and oxygen atoms in total. The van der Waals surface area contributed by atoms with Gasteiger partial charge in [0.25, 0.3) is 0 Å². The Morgan fingerprint density at radius 1 is 1.28 bits per heavy atom. The highest BCUT2D eigenvalue weighted by Gasteiger charge is 2.29. The van der Waals surface area contributed by atoms with Gasteiger partial charge in [0, 0.05) is 11.6 Å². The van der Waals surface area contributed by atoms with E-state index >= 15 is 0 Å². The second-order valence-electron chi connectivity index (χ2n) is 4.68. The number of aromatic nitrogens is 2. The number of nitrogens with zero attached hydrogens (tertiary/aromatic N) is 2. The highest BCUT2D eigenvalue weighted by atomic mass is 35.5. The van der Waals surface area contributed by atoms with Crippen LogP contribution in [-0.4, -0.2) is 9.55 Å². The molecule has 2 N–H and O–H groups in total. The number of hydrogen-bond acceptors (Lipinski definition) is 2. The average Bonchev–Trinajstić information content (AvgIpc) is 2.76. The molecule has 0 atom stereocenters. The van der Waals surface area contributed by atoms with E-state index < -0.39 is 0 Å². The fourth-order valence-corrected chi connectivity index (χ4v) is 2.53. The molecular formula is C14H20ClN3. The van der Waals surface area contributed by atoms with Crippen molar-refractivity contribution in [1.29, 1.82) is 0 Å². The highest BCUT2D eigenvalue weighted by Crippen LogP contribution is 2.29. The zero-order chi connectivity index (χ0) is 13.3. The number of halogens is 1. The van der Waals surface area contributed by atoms with Gasteiger partial charge in [0.15, 0.2) is 0 Å². The first kappa shape index (κ1) is 13.4. The van der Waals surface area contributed by atoms with Gasteiger partial charge < -0.3 is 10.3 Å². The lowest BCUT2D eigenvalue weighted by Crippen LogP contribution is -2.38. The molecule has 0 radical (unpaired) electrons. The fourth-order valence-electron chi connectivity index (χ4n) is 2.36. The molecule has 1 aromatic heterocycles. The molecule has 2 rings (SSSR count). The molecule has 0 unspecified atom stereocenters. The van der Waals surface area contributed by atoms with Crippen molar-refractivity contribution in [3.8, 4) is 0 Å². The molecule has 0 amide bonds. The van der Waals surface area contributed by atoms with Gasteiger partial charge >= 0.3 is 0 Å². The maximum atomic E-state index is 6.48. The van der Waals surface area contributed by atoms with E-state index in [-0.39, 0.29) is 5.54 Å². The van der Waals surface area contributed by atoms with Gasteiger partial charge in [-0.25, -0.2) is 4.98 Å². The summed E-state index contributed by atoms with van der Waals surface area (Å²) in [5, 5.41) is 0.735. The number of nitrogens with two attached hydrogens (primary N) is 1. The zero-order valence-corrected chi connectivity index (χ0v) is 12.0. The zero-order valence-electron chi connectivity index (χ0n) is 11.2. The molecule has 0 bridgehead atoms. The molecule has 2 aromatic rings. The van der Waals surface area contributed by atoms with Crippen LogP contribution in [0, 0.1) is 0 Å². The summed E-state index contributed by atoms with van der Waals surface area (Å²) in [6.45, 7) is 7.17. The number of fused-ring (bicyclic) bond motifs is 1. The van der Waals surface area contributed by atoms with E-state index in [1.54, 1.807) is 0 Å². The van der Waals surface area contributed by atoms with Crippen LogP contribution in [0.1, 0.15) is 39.4 Å². The van der Waals surface area contributed by atoms with Crippen molar-refractivity contribution in [3.05, 3.63) is 29.0 Å². The lowest BCUT2D eigenvalue weighted by atomic mass is 9.93. The minimum absolute atomic E-state index is 0.360. The topological polar surface area (TPSA) is 43.8 Å². The van der Waals surface area contributed by atoms with Crippen LogP contribution in [0.3, 0.4) is 0 Å². The van der Waals surface area contributed by atoms with Gasteiger partial charge in [-0.2, -0.15) is 0 Å². The Morgan fingerprint density at radius 2 is 1.94 bits per heavy atom. The number of aryl methyl sites for hydroxylation is 1. The van der Waals surface area contributed by atoms with Gasteiger partial charge in [-0.15, -0.1) is 0 Å². The molecule has 1 heterocycles. The van der Waals surface area contributed by atoms with Gasteiger partial charge in [0.2, 0.25) is 0 Å². The first-order chi connectivity index (χ1) is 8.55. The molecule has 0 saturated heterocycles. The lowest BCUT2D eigenvalue weighted by Gasteiger charge is -2.26. The van der Waals surface area contributed by atoms with E-state index in [9.17, 15) is 0 Å². The molecule has 0 spiro atoms. The summed E-state index contributed by atoms with van der Waals surface area (Å²) in [4.78, 5) is 4.72. The minimum Gasteiger partial charge on any atom is -0.327 e. The summed E-state index contributed by atoms with van der Waals surface area (Å²) in [5.74, 6) is 0.965. The summed E-state index contributed by atoms with van der Waals surface area (Å²) < 4.78 is 2.17. The second-order valence-corrected chi connectivity index (χ2v) is 5.11. The molecule has 1 aromatic carbocycles. The maximum Gasteiger partial charge on any atom is 0.130 e. The predicted molar refractivity (Wildman–Crippen MR) is 76.9 cm³/mol. The van der Waals surface area contributed by atoms with Crippen LogP contribution in [0.15, 0.2) is 18.2 Å². The van der Waals surface area contributed by atoms with E-state index in [0.717, 1.165) is 41.3 Å². The number of benzene rings is 1. The third-order valence-electron chi connectivity index (χ3n) is 3.73. The summed E-state index contributed by atoms with van der Waals surface area (Å²) in [5.41, 5.74) is 8.15. The predicted octanol–water partition coefficient (Wildman–Crippen LogP) is 3.68. The first-order valence-corrected chi connectivity index (χ1v) is 6.88. The van der Waals surface area contributed by atoms with Crippen molar-refractivity contribution >= 4 is 22.6 Å². The lowest BCUT2D eigenvalue weighted by molar-refractivity contribution is 0.373. The summed E-state index contributed by atoms with van der Waals surface area (Å²) in [7, 11) is 0. The fraction of sp³-hybridized carbons (Fsp3) is 0.500. The first-order valence-electron chi connectivity index (χ1n) is 6.50. The monoisotopic (exact) mass is 265 g/mol. The van der Waals surface area contributed by atoms with E-state index in [2.05, 4.69) is 25.3 Å². The van der Waals surface area contributed by atoms with Gasteiger partial charge in [0.05, 0.1) is 16.6 Å². The molecule has 0 saturated carbocycles. The highest BCUT2D eigenvalue weighted by molar-refractivity contribution is 6.31. The van der Waals surface area contributed by atoms with E-state index in [1.165, 1.54) is 0 Å². The molecular weight excluding hydrogens is 246 g/mol. The Balaban J connectivity index is 2.71. The van der Waals surface area contributed by atoms with Crippen molar-refractivity contribution < 1.29 is 0 Å². The number of rotatable bonds is 4. The van der Waals surface area contributed by atoms with Gasteiger partial charge in [-0.1, -0.05) is 25.4 Å². The molecule has 0 aliphatic carbocycles. The summed E-state index contributed by atoms with van der Waals surface area (Å²) in [6, 6.07) is 5.79. The van der Waals surface area contributed by atoms with Crippen molar-refractivity contribution in [2.45, 2.75) is 45.7 Å². The van der Waals surface area contributed by atoms with Gasteiger partial charge in [-0.05, 0) is 38.0 Å². The molecule has 98 valence electrons. The summed E-state index contributed by atoms with van der Waals surface area (Å²) >= 11 is 6.07. The third-order valence-corrected chi connectivity index (χ3v) is 3.97. The van der Waals surface area contributed by atoms with E-state index in [0.29, 0.717) is 0 Å². The molecule has 4 heteroatoms. The van der Waals surface area contributed by atoms with Crippen molar-refractivity contribution in [3.63, 3.8) is 0 Å². The van der Waals surface area contributed by atoms with E-state index in [1.807, 2.05) is 18.2 Å². The van der Waals surface area contributed by atoms with Crippen LogP contribution in [0.4, 0.5) is 0 Å². The Labute approximate surface area is 113 Å². The van der Waals surface area contributed by atoms with E-state index in [4.69, 9.17) is 22.3 Å². The van der Waals surface area contributed by atoms with Crippen molar-refractivity contribution in [2.24, 2.45) is 5.73 Å². The Kier molecular flexibility index (Phi) is 3.64.